The molecule has 0 aliphatic carbocycles. The fourth-order valence-electron chi connectivity index (χ4n) is 0. The van der Waals surface area contributed by atoms with Crippen LogP contribution >= 0.6 is 74.4 Å². The highest BCUT2D eigenvalue weighted by Gasteiger charge is -0.0148. The van der Waals surface area contributed by atoms with Gasteiger partial charge in [0.2, 0.25) is 0 Å². The van der Waals surface area contributed by atoms with Crippen molar-refractivity contribution in [1.29, 1.82) is 0 Å². The molecule has 0 heterocycles. The van der Waals surface area contributed by atoms with Gasteiger partial charge in [-0.25, -0.2) is 0 Å². The molecule has 0 unspecified atom stereocenters. The largest absolute Gasteiger partial charge is 0.412 e. The smallest absolute Gasteiger partial charge is 0.0149 e. The van der Waals surface area contributed by atoms with E-state index in [0.29, 0.717) is 0 Å². The quantitative estimate of drug-likeness (QED) is 0.536. The molecule has 0 aliphatic rings. The zero-order valence-corrected chi connectivity index (χ0v) is 8.35. The van der Waals surface area contributed by atoms with Crippen molar-refractivity contribution >= 4 is 85.4 Å². The predicted octanol–water partition coefficient (Wildman–Crippen LogP) is -0.570. The van der Waals surface area contributed by atoms with E-state index in [0.717, 1.165) is 0 Å². The van der Waals surface area contributed by atoms with Crippen LogP contribution in [0.5, 0.6) is 0 Å². The van der Waals surface area contributed by atoms with Crippen LogP contribution in [-0.2, 0) is 0 Å². The molecule has 0 saturated heterocycles. The maximum Gasteiger partial charge on any atom is -0.0149 e. The Morgan fingerprint density at radius 3 is 0.333 bits per heavy atom. The first-order valence-corrected chi connectivity index (χ1v) is 0. The minimum Gasteiger partial charge on any atom is -0.412 e. The molecule has 0 bridgehead atoms. The Bertz CT molecular complexity index is 11.0. The van der Waals surface area contributed by atoms with Gasteiger partial charge in [-0.3, -0.25) is 0 Å². The maximum atomic E-state index is 0. The number of halogens is 6. The van der Waals surface area contributed by atoms with Crippen molar-refractivity contribution in [1.82, 2.24) is 0 Å². The summed E-state index contributed by atoms with van der Waals surface area (Å²) < 4.78 is 0. The molecule has 0 atom stereocenters. The molecular weight excluding hydrogens is 273 g/mol. The van der Waals surface area contributed by atoms with Crippen LogP contribution in [0, 0.1) is 0 Å². The summed E-state index contributed by atoms with van der Waals surface area (Å²) in [5.74, 6) is 0. The molecular formula is H14Cl6O2Si. The zero-order chi connectivity index (χ0) is 0. The van der Waals surface area contributed by atoms with Crippen molar-refractivity contribution in [2.75, 3.05) is 0 Å². The molecule has 2 nitrogen and oxygen atoms in total. The summed E-state index contributed by atoms with van der Waals surface area (Å²) in [6.07, 6.45) is 0. The molecule has 9 heavy (non-hydrogen) atoms. The third-order valence-corrected chi connectivity index (χ3v) is 0. The van der Waals surface area contributed by atoms with Crippen LogP contribution in [0.25, 0.3) is 0 Å². The average molecular weight is 287 g/mol. The highest BCUT2D eigenvalue weighted by atomic mass is 35.5. The second-order valence-corrected chi connectivity index (χ2v) is 0. The maximum absolute atomic E-state index is 0. The molecule has 0 rings (SSSR count). The Kier molecular flexibility index (Phi) is 7390. The van der Waals surface area contributed by atoms with Crippen molar-refractivity contribution in [3.63, 3.8) is 0 Å². The second kappa shape index (κ2) is 221. The Balaban J connectivity index is 0. The van der Waals surface area contributed by atoms with Crippen molar-refractivity contribution in [3.8, 4) is 0 Å². The average Bonchev–Trinajstić information content (AvgIpc) is 0. The number of rotatable bonds is 0. The van der Waals surface area contributed by atoms with Gasteiger partial charge in [-0.15, -0.1) is 74.4 Å². The lowest BCUT2D eigenvalue weighted by Gasteiger charge is -0.413. The monoisotopic (exact) mass is 284 g/mol. The summed E-state index contributed by atoms with van der Waals surface area (Å²) in [5.41, 5.74) is 0. The van der Waals surface area contributed by atoms with Crippen LogP contribution in [0.3, 0.4) is 0 Å². The van der Waals surface area contributed by atoms with Gasteiger partial charge < -0.3 is 11.0 Å². The van der Waals surface area contributed by atoms with Crippen LogP contribution in [-0.4, -0.2) is 21.9 Å². The summed E-state index contributed by atoms with van der Waals surface area (Å²) in [7, 11) is 0. The molecule has 0 spiro atoms. The van der Waals surface area contributed by atoms with E-state index in [1.54, 1.807) is 0 Å². The second-order valence-electron chi connectivity index (χ2n) is 0. The lowest BCUT2D eigenvalue weighted by atomic mass is 16.0. The first-order chi connectivity index (χ1) is 0. The normalized spacial score (nSPS) is 0. The summed E-state index contributed by atoms with van der Waals surface area (Å²) >= 11 is 0. The van der Waals surface area contributed by atoms with Crippen LogP contribution in [0.2, 0.25) is 0 Å². The number of hydrogen-bond acceptors (Lipinski definition) is 0. The first-order valence-electron chi connectivity index (χ1n) is 0. The van der Waals surface area contributed by atoms with E-state index in [1.807, 2.05) is 0 Å². The van der Waals surface area contributed by atoms with Crippen LogP contribution < -0.4 is 0 Å². The van der Waals surface area contributed by atoms with E-state index in [1.165, 1.54) is 0 Å². The van der Waals surface area contributed by atoms with Crippen molar-refractivity contribution in [2.24, 2.45) is 0 Å². The molecule has 0 amide bonds. The van der Waals surface area contributed by atoms with E-state index >= 15 is 0 Å². The highest BCUT2D eigenvalue weighted by molar-refractivity contribution is 5.86. The minimum atomic E-state index is 0. The standard InChI is InChI=1S/6ClH.2H2O.H4Si/h6*1H;2*1H2;1H4. The molecule has 0 fully saturated rings. The summed E-state index contributed by atoms with van der Waals surface area (Å²) in [5, 5.41) is 0. The van der Waals surface area contributed by atoms with E-state index in [2.05, 4.69) is 0 Å². The van der Waals surface area contributed by atoms with Gasteiger partial charge >= 0.3 is 0 Å². The van der Waals surface area contributed by atoms with Crippen molar-refractivity contribution in [3.05, 3.63) is 0 Å². The molecule has 0 aromatic carbocycles. The van der Waals surface area contributed by atoms with Crippen molar-refractivity contribution < 1.29 is 11.0 Å². The Labute approximate surface area is 96.0 Å². The molecule has 9 heteroatoms. The van der Waals surface area contributed by atoms with Gasteiger partial charge in [-0.2, -0.15) is 0 Å². The summed E-state index contributed by atoms with van der Waals surface area (Å²) in [6, 6.07) is 0. The fourth-order valence-corrected chi connectivity index (χ4v) is 0. The van der Waals surface area contributed by atoms with Gasteiger partial charge in [0.05, 0.1) is 0 Å². The number of hydrogen-bond donors (Lipinski definition) is 0. The third-order valence-electron chi connectivity index (χ3n) is 0. The molecule has 72 valence electrons. The van der Waals surface area contributed by atoms with Gasteiger partial charge in [0.25, 0.3) is 0 Å². The zero-order valence-electron chi connectivity index (χ0n) is 3.45. The van der Waals surface area contributed by atoms with Crippen LogP contribution in [0.15, 0.2) is 0 Å². The van der Waals surface area contributed by atoms with Gasteiger partial charge in [0.1, 0.15) is 0 Å². The SMILES string of the molecule is Cl.Cl.Cl.Cl.Cl.Cl.O.O.[SiH4]. The third kappa shape index (κ3) is 174. The first kappa shape index (κ1) is 301. The van der Waals surface area contributed by atoms with Gasteiger partial charge in [0.15, 0.2) is 0 Å². The molecule has 0 saturated carbocycles. The Morgan fingerprint density at radius 2 is 0.333 bits per heavy atom. The van der Waals surface area contributed by atoms with E-state index in [4.69, 9.17) is 0 Å². The summed E-state index contributed by atoms with van der Waals surface area (Å²) in [4.78, 5) is 0. The van der Waals surface area contributed by atoms with Gasteiger partial charge in [-0.05, 0) is 11.0 Å². The Morgan fingerprint density at radius 1 is 0.333 bits per heavy atom. The topological polar surface area (TPSA) is 63.0 Å². The van der Waals surface area contributed by atoms with Gasteiger partial charge in [-0.1, -0.05) is 0 Å². The van der Waals surface area contributed by atoms with Crippen LogP contribution in [0.1, 0.15) is 0 Å². The molecule has 0 radical (unpaired) electrons. The highest BCUT2D eigenvalue weighted by Crippen LogP contribution is 0.695. The molecule has 0 aromatic rings. The molecule has 4 N–H and O–H groups in total. The van der Waals surface area contributed by atoms with E-state index in [9.17, 15) is 0 Å². The van der Waals surface area contributed by atoms with E-state index in [-0.39, 0.29) is 96.4 Å². The molecule has 0 aromatic heterocycles. The van der Waals surface area contributed by atoms with Crippen LogP contribution in [0.4, 0.5) is 0 Å². The summed E-state index contributed by atoms with van der Waals surface area (Å²) in [6.45, 7) is 0. The van der Waals surface area contributed by atoms with Crippen molar-refractivity contribution in [2.45, 2.75) is 0 Å². The molecule has 0 aliphatic heterocycles. The van der Waals surface area contributed by atoms with Gasteiger partial charge in [0, 0.05) is 0 Å². The lowest BCUT2D eigenvalue weighted by Crippen LogP contribution is -0.381. The van der Waals surface area contributed by atoms with E-state index < -0.39 is 0 Å². The minimum absolute atomic E-state index is 0. The Hall–Kier alpha value is 1.88. The lowest BCUT2D eigenvalue weighted by molar-refractivity contribution is 0.823. The fraction of sp³-hybridized carbons (Fsp3) is 0. The predicted molar refractivity (Wildman–Crippen MR) is 62.0 cm³/mol.